The maximum atomic E-state index is 13.8. The van der Waals surface area contributed by atoms with Gasteiger partial charge in [0.15, 0.2) is 0 Å². The molecule has 7 nitrogen and oxygen atoms in total. The lowest BCUT2D eigenvalue weighted by Gasteiger charge is -2.20. The molecule has 1 atom stereocenters. The largest absolute Gasteiger partial charge is 0.423 e. The molecule has 0 spiro atoms. The Morgan fingerprint density at radius 3 is 2.53 bits per heavy atom. The summed E-state index contributed by atoms with van der Waals surface area (Å²) >= 11 is 0. The Morgan fingerprint density at radius 2 is 1.83 bits per heavy atom. The van der Waals surface area contributed by atoms with Gasteiger partial charge in [0, 0.05) is 38.9 Å². The highest BCUT2D eigenvalue weighted by molar-refractivity contribution is 6.76. The standard InChI is InChI=1S/C25H33F3N4O3Si/c1-18(8-7-12-31-13-11-19-9-5-6-10-20(19)23(31)33)30-21-16-29-32(17-35-14-15-36(2,3)4)24(34)22(21)25(26,27)28/h5-6,9-11,13,16,18,30H,7-8,12,14-15,17H2,1-4H3/t18-/m0/s1. The third-order valence-corrected chi connectivity index (χ3v) is 7.57. The molecule has 0 saturated heterocycles. The number of rotatable bonds is 11. The molecule has 3 rings (SSSR count). The summed E-state index contributed by atoms with van der Waals surface area (Å²) < 4.78 is 49.0. The van der Waals surface area contributed by atoms with Crippen LogP contribution in [0.2, 0.25) is 25.7 Å². The van der Waals surface area contributed by atoms with Crippen LogP contribution in [-0.2, 0) is 24.2 Å². The zero-order valence-electron chi connectivity index (χ0n) is 21.1. The van der Waals surface area contributed by atoms with Gasteiger partial charge in [-0.05, 0) is 43.3 Å². The van der Waals surface area contributed by atoms with Crippen LogP contribution in [0.3, 0.4) is 0 Å². The van der Waals surface area contributed by atoms with Crippen LogP contribution in [0.1, 0.15) is 25.3 Å². The van der Waals surface area contributed by atoms with E-state index in [1.807, 2.05) is 18.2 Å². The Balaban J connectivity index is 1.65. The third-order valence-electron chi connectivity index (χ3n) is 5.86. The Labute approximate surface area is 208 Å². The normalized spacial score (nSPS) is 13.2. The molecule has 0 unspecified atom stereocenters. The van der Waals surface area contributed by atoms with E-state index in [2.05, 4.69) is 30.1 Å². The van der Waals surface area contributed by atoms with E-state index in [-0.39, 0.29) is 24.0 Å². The van der Waals surface area contributed by atoms with Gasteiger partial charge in [-0.25, -0.2) is 4.68 Å². The predicted molar refractivity (Wildman–Crippen MR) is 138 cm³/mol. The van der Waals surface area contributed by atoms with Gasteiger partial charge in [0.1, 0.15) is 12.3 Å². The molecule has 196 valence electrons. The molecule has 0 saturated carbocycles. The van der Waals surface area contributed by atoms with Crippen molar-refractivity contribution in [3.8, 4) is 0 Å². The maximum Gasteiger partial charge on any atom is 0.423 e. The highest BCUT2D eigenvalue weighted by atomic mass is 28.3. The summed E-state index contributed by atoms with van der Waals surface area (Å²) in [5.74, 6) is 0. The lowest BCUT2D eigenvalue weighted by Crippen LogP contribution is -2.34. The van der Waals surface area contributed by atoms with Gasteiger partial charge in [-0.15, -0.1) is 0 Å². The number of aryl methyl sites for hydroxylation is 1. The van der Waals surface area contributed by atoms with Gasteiger partial charge in [0.25, 0.3) is 11.1 Å². The SMILES string of the molecule is C[C@@H](CCCn1ccc2ccccc2c1=O)Nc1cnn(COCC[Si](C)(C)C)c(=O)c1C(F)(F)F. The smallest absolute Gasteiger partial charge is 0.381 e. The molecule has 2 aromatic heterocycles. The minimum absolute atomic E-state index is 0.104. The summed E-state index contributed by atoms with van der Waals surface area (Å²) in [7, 11) is -1.37. The quantitative estimate of drug-likeness (QED) is 0.278. The van der Waals surface area contributed by atoms with Crippen molar-refractivity contribution >= 4 is 24.5 Å². The monoisotopic (exact) mass is 522 g/mol. The fraction of sp³-hybridized carbons (Fsp3) is 0.480. The van der Waals surface area contributed by atoms with Crippen molar-refractivity contribution in [3.05, 3.63) is 69.0 Å². The first-order valence-corrected chi connectivity index (χ1v) is 15.7. The van der Waals surface area contributed by atoms with E-state index < -0.39 is 25.4 Å². The second kappa shape index (κ2) is 11.4. The molecule has 1 N–H and O–H groups in total. The van der Waals surface area contributed by atoms with Gasteiger partial charge in [0.2, 0.25) is 0 Å². The third kappa shape index (κ3) is 7.30. The van der Waals surface area contributed by atoms with Crippen molar-refractivity contribution in [2.45, 2.75) is 70.9 Å². The zero-order valence-corrected chi connectivity index (χ0v) is 22.1. The molecule has 0 aliphatic heterocycles. The van der Waals surface area contributed by atoms with Gasteiger partial charge in [0.05, 0.1) is 11.9 Å². The van der Waals surface area contributed by atoms with Crippen LogP contribution in [0.5, 0.6) is 0 Å². The number of ether oxygens (including phenoxy) is 1. The van der Waals surface area contributed by atoms with Crippen molar-refractivity contribution in [1.29, 1.82) is 0 Å². The highest BCUT2D eigenvalue weighted by Crippen LogP contribution is 2.32. The van der Waals surface area contributed by atoms with Crippen molar-refractivity contribution in [2.75, 3.05) is 11.9 Å². The van der Waals surface area contributed by atoms with Gasteiger partial charge in [-0.1, -0.05) is 37.8 Å². The Morgan fingerprint density at radius 1 is 1.11 bits per heavy atom. The van der Waals surface area contributed by atoms with Crippen molar-refractivity contribution in [1.82, 2.24) is 14.3 Å². The number of fused-ring (bicyclic) bond motifs is 1. The number of nitrogens with one attached hydrogen (secondary N) is 1. The molecule has 0 fully saturated rings. The first-order chi connectivity index (χ1) is 16.9. The molecule has 0 bridgehead atoms. The van der Waals surface area contributed by atoms with Crippen LogP contribution in [0.4, 0.5) is 18.9 Å². The van der Waals surface area contributed by atoms with Crippen molar-refractivity contribution < 1.29 is 17.9 Å². The molecule has 2 heterocycles. The molecular weight excluding hydrogens is 489 g/mol. The number of alkyl halides is 3. The maximum absolute atomic E-state index is 13.8. The van der Waals surface area contributed by atoms with Crippen LogP contribution in [0, 0.1) is 0 Å². The average Bonchev–Trinajstić information content (AvgIpc) is 2.78. The van der Waals surface area contributed by atoms with E-state index in [1.54, 1.807) is 29.8 Å². The number of halogens is 3. The van der Waals surface area contributed by atoms with Gasteiger partial charge < -0.3 is 14.6 Å². The topological polar surface area (TPSA) is 78.2 Å². The second-order valence-corrected chi connectivity index (χ2v) is 15.8. The Bertz CT molecular complexity index is 1300. The molecule has 0 aliphatic carbocycles. The number of nitrogens with zero attached hydrogens (tertiary/aromatic N) is 3. The van der Waals surface area contributed by atoms with Crippen molar-refractivity contribution in [2.24, 2.45) is 0 Å². The number of benzene rings is 1. The fourth-order valence-corrected chi connectivity index (χ4v) is 4.56. The summed E-state index contributed by atoms with van der Waals surface area (Å²) in [4.78, 5) is 25.2. The highest BCUT2D eigenvalue weighted by Gasteiger charge is 2.38. The molecular formula is C25H33F3N4O3Si. The van der Waals surface area contributed by atoms with E-state index in [1.165, 1.54) is 0 Å². The van der Waals surface area contributed by atoms with Crippen LogP contribution in [0.25, 0.3) is 10.8 Å². The molecule has 3 aromatic rings. The van der Waals surface area contributed by atoms with E-state index in [4.69, 9.17) is 4.74 Å². The summed E-state index contributed by atoms with van der Waals surface area (Å²) in [6.07, 6.45) is -1.06. The first kappa shape index (κ1) is 27.7. The second-order valence-electron chi connectivity index (χ2n) is 10.2. The number of anilines is 1. The van der Waals surface area contributed by atoms with Gasteiger partial charge >= 0.3 is 6.18 Å². The molecule has 0 radical (unpaired) electrons. The lowest BCUT2D eigenvalue weighted by atomic mass is 10.1. The molecule has 0 aliphatic rings. The predicted octanol–water partition coefficient (Wildman–Crippen LogP) is 5.17. The minimum atomic E-state index is -4.85. The van der Waals surface area contributed by atoms with E-state index in [9.17, 15) is 22.8 Å². The number of hydrogen-bond acceptors (Lipinski definition) is 5. The summed E-state index contributed by atoms with van der Waals surface area (Å²) in [5, 5.41) is 8.16. The Kier molecular flexibility index (Phi) is 8.78. The summed E-state index contributed by atoms with van der Waals surface area (Å²) in [6.45, 7) is 8.66. The molecule has 36 heavy (non-hydrogen) atoms. The van der Waals surface area contributed by atoms with Crippen LogP contribution < -0.4 is 16.4 Å². The van der Waals surface area contributed by atoms with Crippen LogP contribution in [0.15, 0.2) is 52.3 Å². The average molecular weight is 523 g/mol. The van der Waals surface area contributed by atoms with E-state index in [0.29, 0.717) is 36.1 Å². The van der Waals surface area contributed by atoms with Gasteiger partial charge in [-0.2, -0.15) is 18.3 Å². The molecule has 11 heteroatoms. The van der Waals surface area contributed by atoms with Crippen molar-refractivity contribution in [3.63, 3.8) is 0 Å². The van der Waals surface area contributed by atoms with E-state index in [0.717, 1.165) is 17.6 Å². The summed E-state index contributed by atoms with van der Waals surface area (Å²) in [6, 6.07) is 9.62. The summed E-state index contributed by atoms with van der Waals surface area (Å²) in [5.41, 5.74) is -2.99. The molecule has 1 aromatic carbocycles. The number of hydrogen-bond donors (Lipinski definition) is 1. The number of pyridine rings is 1. The lowest BCUT2D eigenvalue weighted by molar-refractivity contribution is -0.138. The zero-order chi connectivity index (χ0) is 26.5. The van der Waals surface area contributed by atoms with E-state index >= 15 is 0 Å². The first-order valence-electron chi connectivity index (χ1n) is 12.0. The fourth-order valence-electron chi connectivity index (χ4n) is 3.80. The minimum Gasteiger partial charge on any atom is -0.381 e. The van der Waals surface area contributed by atoms with Gasteiger partial charge in [-0.3, -0.25) is 9.59 Å². The van der Waals surface area contributed by atoms with Crippen LogP contribution in [-0.4, -0.2) is 35.1 Å². The Hall–Kier alpha value is -2.92. The molecule has 0 amide bonds. The number of aromatic nitrogens is 3. The van der Waals surface area contributed by atoms with Crippen LogP contribution >= 0.6 is 0 Å².